The minimum absolute atomic E-state index is 0.0781. The maximum atomic E-state index is 13.0. The van der Waals surface area contributed by atoms with Crippen molar-refractivity contribution in [2.24, 2.45) is 0 Å². The number of halogens is 1. The van der Waals surface area contributed by atoms with Crippen LogP contribution in [0.1, 0.15) is 16.6 Å². The van der Waals surface area contributed by atoms with Crippen LogP contribution in [0.4, 0.5) is 4.39 Å². The summed E-state index contributed by atoms with van der Waals surface area (Å²) in [4.78, 5) is 24.3. The van der Waals surface area contributed by atoms with Crippen molar-refractivity contribution in [1.29, 1.82) is 0 Å². The van der Waals surface area contributed by atoms with Crippen molar-refractivity contribution in [1.82, 2.24) is 10.6 Å². The molecule has 0 saturated heterocycles. The summed E-state index contributed by atoms with van der Waals surface area (Å²) in [6, 6.07) is 16.6. The quantitative estimate of drug-likeness (QED) is 0.519. The molecule has 2 N–H and O–H groups in total. The number of hydrogen-bond acceptors (Lipinski definition) is 5. The van der Waals surface area contributed by atoms with Crippen molar-refractivity contribution in [2.75, 3.05) is 13.1 Å². The number of benzene rings is 2. The van der Waals surface area contributed by atoms with Gasteiger partial charge in [0, 0.05) is 13.1 Å². The molecule has 0 bridgehead atoms. The number of carbonyl (C=O) groups excluding carboxylic acids is 2. The van der Waals surface area contributed by atoms with Gasteiger partial charge >= 0.3 is 11.8 Å². The Hall–Kier alpha value is -3.46. The fourth-order valence-electron chi connectivity index (χ4n) is 2.93. The molecule has 0 radical (unpaired) electrons. The first-order valence-electron chi connectivity index (χ1n) is 9.51. The molecule has 31 heavy (non-hydrogen) atoms. The van der Waals surface area contributed by atoms with Gasteiger partial charge in [-0.05, 0) is 48.4 Å². The van der Waals surface area contributed by atoms with Crippen LogP contribution in [0.5, 0.6) is 0 Å². The molecule has 0 aliphatic rings. The standard InChI is InChI=1S/C22H21FN2O5S/c23-17-10-8-16(9-11-17)12-13-24-21(26)22(27)25-15-20(19-7-4-14-30-19)31(28,29)18-5-2-1-3-6-18/h1-11,14,20H,12-13,15H2,(H,24,26)(H,25,27). The van der Waals surface area contributed by atoms with Crippen LogP contribution in [-0.2, 0) is 25.8 Å². The molecule has 7 nitrogen and oxygen atoms in total. The van der Waals surface area contributed by atoms with E-state index in [0.29, 0.717) is 6.42 Å². The predicted molar refractivity (Wildman–Crippen MR) is 111 cm³/mol. The first-order valence-corrected chi connectivity index (χ1v) is 11.1. The third-order valence-electron chi connectivity index (χ3n) is 4.57. The summed E-state index contributed by atoms with van der Waals surface area (Å²) < 4.78 is 44.2. The number of nitrogens with one attached hydrogen (secondary N) is 2. The van der Waals surface area contributed by atoms with Crippen molar-refractivity contribution in [3.8, 4) is 0 Å². The van der Waals surface area contributed by atoms with Gasteiger partial charge in [0.1, 0.15) is 16.8 Å². The third-order valence-corrected chi connectivity index (χ3v) is 6.65. The van der Waals surface area contributed by atoms with E-state index in [1.54, 1.807) is 36.4 Å². The lowest BCUT2D eigenvalue weighted by molar-refractivity contribution is -0.139. The van der Waals surface area contributed by atoms with Crippen LogP contribution in [-0.4, -0.2) is 33.3 Å². The Kier molecular flexibility index (Phi) is 7.19. The monoisotopic (exact) mass is 444 g/mol. The van der Waals surface area contributed by atoms with Crippen LogP contribution in [0.3, 0.4) is 0 Å². The van der Waals surface area contributed by atoms with Gasteiger partial charge in [-0.15, -0.1) is 0 Å². The topological polar surface area (TPSA) is 105 Å². The summed E-state index contributed by atoms with van der Waals surface area (Å²) in [6.07, 6.45) is 1.75. The maximum Gasteiger partial charge on any atom is 0.309 e. The highest BCUT2D eigenvalue weighted by Gasteiger charge is 2.32. The minimum Gasteiger partial charge on any atom is -0.468 e. The first-order chi connectivity index (χ1) is 14.9. The summed E-state index contributed by atoms with van der Waals surface area (Å²) in [5, 5.41) is 3.63. The highest BCUT2D eigenvalue weighted by atomic mass is 32.2. The molecular weight excluding hydrogens is 423 g/mol. The van der Waals surface area contributed by atoms with Gasteiger partial charge in [0.2, 0.25) is 0 Å². The molecule has 3 aromatic rings. The Morgan fingerprint density at radius 2 is 1.58 bits per heavy atom. The van der Waals surface area contributed by atoms with Gasteiger partial charge in [0.15, 0.2) is 9.84 Å². The van der Waals surface area contributed by atoms with Crippen molar-refractivity contribution >= 4 is 21.7 Å². The Labute approximate surface area is 179 Å². The molecular formula is C22H21FN2O5S. The highest BCUT2D eigenvalue weighted by molar-refractivity contribution is 7.91. The van der Waals surface area contributed by atoms with Gasteiger partial charge in [-0.2, -0.15) is 0 Å². The zero-order valence-electron chi connectivity index (χ0n) is 16.5. The Morgan fingerprint density at radius 1 is 0.903 bits per heavy atom. The molecule has 1 aromatic heterocycles. The number of carbonyl (C=O) groups is 2. The number of sulfone groups is 1. The van der Waals surface area contributed by atoms with E-state index in [2.05, 4.69) is 10.6 Å². The largest absolute Gasteiger partial charge is 0.468 e. The van der Waals surface area contributed by atoms with Crippen LogP contribution >= 0.6 is 0 Å². The number of furan rings is 1. The van der Waals surface area contributed by atoms with Gasteiger partial charge in [-0.3, -0.25) is 9.59 Å². The zero-order valence-corrected chi connectivity index (χ0v) is 17.3. The lowest BCUT2D eigenvalue weighted by Gasteiger charge is -2.16. The van der Waals surface area contributed by atoms with Gasteiger partial charge in [0.05, 0.1) is 11.2 Å². The fourth-order valence-corrected chi connectivity index (χ4v) is 4.54. The minimum atomic E-state index is -3.87. The smallest absolute Gasteiger partial charge is 0.309 e. The van der Waals surface area contributed by atoms with E-state index in [-0.39, 0.29) is 29.6 Å². The molecule has 1 atom stereocenters. The molecule has 162 valence electrons. The first kappa shape index (κ1) is 22.2. The van der Waals surface area contributed by atoms with Crippen molar-refractivity contribution < 1.29 is 26.8 Å². The summed E-state index contributed by atoms with van der Waals surface area (Å²) in [7, 11) is -3.87. The van der Waals surface area contributed by atoms with E-state index >= 15 is 0 Å². The van der Waals surface area contributed by atoms with E-state index in [9.17, 15) is 22.4 Å². The molecule has 1 heterocycles. The second kappa shape index (κ2) is 10.0. The Morgan fingerprint density at radius 3 is 2.23 bits per heavy atom. The molecule has 9 heteroatoms. The van der Waals surface area contributed by atoms with Gasteiger partial charge in [0.25, 0.3) is 0 Å². The van der Waals surface area contributed by atoms with E-state index in [4.69, 9.17) is 4.42 Å². The van der Waals surface area contributed by atoms with Crippen molar-refractivity contribution in [3.05, 3.63) is 90.1 Å². The Balaban J connectivity index is 1.60. The number of amides is 2. The molecule has 2 aromatic carbocycles. The molecule has 0 saturated carbocycles. The lowest BCUT2D eigenvalue weighted by Crippen LogP contribution is -2.42. The second-order valence-electron chi connectivity index (χ2n) is 6.70. The summed E-state index contributed by atoms with van der Waals surface area (Å²) in [6.45, 7) is -0.170. The summed E-state index contributed by atoms with van der Waals surface area (Å²) >= 11 is 0. The van der Waals surface area contributed by atoms with Crippen LogP contribution in [0.2, 0.25) is 0 Å². The predicted octanol–water partition coefficient (Wildman–Crippen LogP) is 2.41. The van der Waals surface area contributed by atoms with Crippen LogP contribution < -0.4 is 10.6 Å². The molecule has 3 rings (SSSR count). The molecule has 0 aliphatic carbocycles. The molecule has 0 spiro atoms. The third kappa shape index (κ3) is 5.79. The average Bonchev–Trinajstić information content (AvgIpc) is 3.30. The van der Waals surface area contributed by atoms with Crippen molar-refractivity contribution in [3.63, 3.8) is 0 Å². The maximum absolute atomic E-state index is 13.0. The van der Waals surface area contributed by atoms with E-state index in [0.717, 1.165) is 5.56 Å². The van der Waals surface area contributed by atoms with Crippen LogP contribution in [0.25, 0.3) is 0 Å². The van der Waals surface area contributed by atoms with Gasteiger partial charge in [-0.25, -0.2) is 12.8 Å². The summed E-state index contributed by atoms with van der Waals surface area (Å²) in [5.74, 6) is -2.05. The van der Waals surface area contributed by atoms with E-state index in [1.165, 1.54) is 36.6 Å². The molecule has 0 aliphatic heterocycles. The van der Waals surface area contributed by atoms with Crippen LogP contribution in [0, 0.1) is 5.82 Å². The molecule has 1 unspecified atom stereocenters. The second-order valence-corrected chi connectivity index (χ2v) is 8.83. The highest BCUT2D eigenvalue weighted by Crippen LogP contribution is 2.28. The number of rotatable bonds is 8. The van der Waals surface area contributed by atoms with E-state index in [1.807, 2.05) is 0 Å². The fraction of sp³-hybridized carbons (Fsp3) is 0.182. The van der Waals surface area contributed by atoms with Crippen LogP contribution in [0.15, 0.2) is 82.3 Å². The SMILES string of the molecule is O=C(NCCc1ccc(F)cc1)C(=O)NCC(c1ccco1)S(=O)(=O)c1ccccc1. The molecule has 2 amide bonds. The normalized spacial score (nSPS) is 12.2. The average molecular weight is 444 g/mol. The zero-order chi connectivity index (χ0) is 22.3. The van der Waals surface area contributed by atoms with Gasteiger partial charge in [-0.1, -0.05) is 30.3 Å². The van der Waals surface area contributed by atoms with Gasteiger partial charge < -0.3 is 15.1 Å². The van der Waals surface area contributed by atoms with E-state index < -0.39 is 26.9 Å². The lowest BCUT2D eigenvalue weighted by atomic mass is 10.1. The number of hydrogen-bond donors (Lipinski definition) is 2. The Bertz CT molecular complexity index is 1110. The summed E-state index contributed by atoms with van der Waals surface area (Å²) in [5.41, 5.74) is 0.800. The van der Waals surface area contributed by atoms with Crippen molar-refractivity contribution in [2.45, 2.75) is 16.6 Å². The molecule has 0 fully saturated rings.